The lowest BCUT2D eigenvalue weighted by Crippen LogP contribution is -2.31. The molecule has 0 spiro atoms. The lowest BCUT2D eigenvalue weighted by molar-refractivity contribution is 0.180. The predicted molar refractivity (Wildman–Crippen MR) is 80.2 cm³/mol. The van der Waals surface area contributed by atoms with Gasteiger partial charge in [0.05, 0.1) is 35.6 Å². The smallest absolute Gasteiger partial charge is 0.0702 e. The van der Waals surface area contributed by atoms with E-state index in [2.05, 4.69) is 44.9 Å². The van der Waals surface area contributed by atoms with Crippen LogP contribution in [0, 0.1) is 5.41 Å². The molecule has 1 unspecified atom stereocenters. The maximum absolute atomic E-state index is 5.18. The van der Waals surface area contributed by atoms with Crippen LogP contribution in [-0.2, 0) is 11.3 Å². The van der Waals surface area contributed by atoms with Gasteiger partial charge in [-0.25, -0.2) is 0 Å². The number of methoxy groups -OCH3 is 1. The summed E-state index contributed by atoms with van der Waals surface area (Å²) < 4.78 is 8.35. The molecule has 0 aromatic carbocycles. The summed E-state index contributed by atoms with van der Waals surface area (Å²) in [7, 11) is 1.73. The molecule has 19 heavy (non-hydrogen) atoms. The number of nitrogens with zero attached hydrogens (tertiary/aromatic N) is 2. The van der Waals surface area contributed by atoms with E-state index in [-0.39, 0.29) is 0 Å². The van der Waals surface area contributed by atoms with Gasteiger partial charge < -0.3 is 10.1 Å². The molecule has 2 rings (SSSR count). The number of ether oxygens (including phenoxy) is 1. The molecular weight excluding hydrogens is 306 g/mol. The number of hydrogen-bond donors (Lipinski definition) is 1. The highest BCUT2D eigenvalue weighted by atomic mass is 79.9. The fourth-order valence-corrected chi connectivity index (χ4v) is 2.99. The molecule has 1 aromatic heterocycles. The van der Waals surface area contributed by atoms with Crippen molar-refractivity contribution >= 4 is 15.9 Å². The first-order valence-electron chi connectivity index (χ1n) is 7.06. The average Bonchev–Trinajstić information content (AvgIpc) is 3.04. The Morgan fingerprint density at radius 3 is 2.89 bits per heavy atom. The van der Waals surface area contributed by atoms with E-state index in [1.807, 2.05) is 6.20 Å². The van der Waals surface area contributed by atoms with E-state index >= 15 is 0 Å². The van der Waals surface area contributed by atoms with Crippen molar-refractivity contribution in [1.29, 1.82) is 0 Å². The van der Waals surface area contributed by atoms with Crippen LogP contribution in [0.5, 0.6) is 0 Å². The van der Waals surface area contributed by atoms with Gasteiger partial charge in [-0.2, -0.15) is 5.10 Å². The standard InChI is InChI=1S/C14H24BrN3O/c1-4-7-16-13(14(2)5-6-14)12-11(15)10-17-18(12)8-9-19-3/h10,13,16H,4-9H2,1-3H3. The average molecular weight is 330 g/mol. The minimum absolute atomic E-state index is 0.376. The van der Waals surface area contributed by atoms with Crippen molar-refractivity contribution in [2.45, 2.75) is 45.7 Å². The van der Waals surface area contributed by atoms with Crippen molar-refractivity contribution in [3.63, 3.8) is 0 Å². The Hall–Kier alpha value is -0.390. The maximum Gasteiger partial charge on any atom is 0.0702 e. The zero-order valence-electron chi connectivity index (χ0n) is 12.1. The van der Waals surface area contributed by atoms with Crippen molar-refractivity contribution in [2.24, 2.45) is 5.41 Å². The van der Waals surface area contributed by atoms with Crippen LogP contribution in [0.3, 0.4) is 0 Å². The monoisotopic (exact) mass is 329 g/mol. The van der Waals surface area contributed by atoms with E-state index < -0.39 is 0 Å². The van der Waals surface area contributed by atoms with Crippen molar-refractivity contribution in [2.75, 3.05) is 20.3 Å². The van der Waals surface area contributed by atoms with Gasteiger partial charge in [-0.1, -0.05) is 13.8 Å². The van der Waals surface area contributed by atoms with Crippen LogP contribution in [0.2, 0.25) is 0 Å². The van der Waals surface area contributed by atoms with E-state index in [1.165, 1.54) is 18.5 Å². The highest BCUT2D eigenvalue weighted by molar-refractivity contribution is 9.10. The Morgan fingerprint density at radius 2 is 2.32 bits per heavy atom. The summed E-state index contributed by atoms with van der Waals surface area (Å²) in [5, 5.41) is 8.17. The second-order valence-electron chi connectivity index (χ2n) is 5.63. The minimum atomic E-state index is 0.376. The predicted octanol–water partition coefficient (Wildman–Crippen LogP) is 3.13. The molecule has 5 heteroatoms. The van der Waals surface area contributed by atoms with Crippen LogP contribution < -0.4 is 5.32 Å². The Balaban J connectivity index is 2.22. The van der Waals surface area contributed by atoms with E-state index in [1.54, 1.807) is 7.11 Å². The number of hydrogen-bond acceptors (Lipinski definition) is 3. The lowest BCUT2D eigenvalue weighted by Gasteiger charge is -2.26. The molecule has 0 bridgehead atoms. The summed E-state index contributed by atoms with van der Waals surface area (Å²) in [4.78, 5) is 0. The molecule has 0 saturated heterocycles. The molecule has 1 aliphatic carbocycles. The quantitative estimate of drug-likeness (QED) is 0.796. The Morgan fingerprint density at radius 1 is 1.58 bits per heavy atom. The Labute approximate surface area is 124 Å². The van der Waals surface area contributed by atoms with Crippen LogP contribution in [0.15, 0.2) is 10.7 Å². The van der Waals surface area contributed by atoms with Crippen LogP contribution in [0.4, 0.5) is 0 Å². The maximum atomic E-state index is 5.18. The SMILES string of the molecule is CCCNC(c1c(Br)cnn1CCOC)C1(C)CC1. The zero-order chi connectivity index (χ0) is 13.9. The molecule has 1 N–H and O–H groups in total. The third kappa shape index (κ3) is 3.38. The fraction of sp³-hybridized carbons (Fsp3) is 0.786. The highest BCUT2D eigenvalue weighted by Crippen LogP contribution is 2.55. The highest BCUT2D eigenvalue weighted by Gasteiger charge is 2.47. The molecule has 1 atom stereocenters. The molecule has 0 amide bonds. The number of nitrogens with one attached hydrogen (secondary N) is 1. The molecule has 1 fully saturated rings. The second kappa shape index (κ2) is 6.37. The van der Waals surface area contributed by atoms with E-state index in [0.717, 1.165) is 24.0 Å². The zero-order valence-corrected chi connectivity index (χ0v) is 13.7. The van der Waals surface area contributed by atoms with E-state index in [9.17, 15) is 0 Å². The van der Waals surface area contributed by atoms with Gasteiger partial charge in [0, 0.05) is 7.11 Å². The summed E-state index contributed by atoms with van der Waals surface area (Å²) in [6.45, 7) is 7.11. The molecule has 0 aliphatic heterocycles. The summed E-state index contributed by atoms with van der Waals surface area (Å²) in [6, 6.07) is 0.376. The lowest BCUT2D eigenvalue weighted by atomic mass is 9.95. The van der Waals surface area contributed by atoms with Gasteiger partial charge in [-0.15, -0.1) is 0 Å². The topological polar surface area (TPSA) is 39.1 Å². The van der Waals surface area contributed by atoms with Crippen LogP contribution in [0.1, 0.15) is 44.8 Å². The van der Waals surface area contributed by atoms with E-state index in [4.69, 9.17) is 4.74 Å². The Kier molecular flexibility index (Phi) is 5.03. The second-order valence-corrected chi connectivity index (χ2v) is 6.49. The van der Waals surface area contributed by atoms with Crippen LogP contribution in [-0.4, -0.2) is 30.0 Å². The third-order valence-electron chi connectivity index (χ3n) is 3.95. The first-order chi connectivity index (χ1) is 9.12. The normalized spacial score (nSPS) is 18.5. The molecule has 1 heterocycles. The van der Waals surface area contributed by atoms with Gasteiger partial charge in [0.25, 0.3) is 0 Å². The first kappa shape index (κ1) is 15.0. The summed E-state index contributed by atoms with van der Waals surface area (Å²) in [5.74, 6) is 0. The van der Waals surface area contributed by atoms with Gasteiger partial charge in [0.15, 0.2) is 0 Å². The largest absolute Gasteiger partial charge is 0.383 e. The molecule has 1 saturated carbocycles. The fourth-order valence-electron chi connectivity index (χ4n) is 2.46. The molecule has 1 aromatic rings. The summed E-state index contributed by atoms with van der Waals surface area (Å²) in [5.41, 5.74) is 1.65. The first-order valence-corrected chi connectivity index (χ1v) is 7.85. The number of aromatic nitrogens is 2. The van der Waals surface area contributed by atoms with Gasteiger partial charge >= 0.3 is 0 Å². The van der Waals surface area contributed by atoms with Crippen molar-refractivity contribution < 1.29 is 4.74 Å². The minimum Gasteiger partial charge on any atom is -0.383 e. The van der Waals surface area contributed by atoms with Gasteiger partial charge in [-0.05, 0) is 47.2 Å². The van der Waals surface area contributed by atoms with Crippen LogP contribution in [0.25, 0.3) is 0 Å². The van der Waals surface area contributed by atoms with Crippen LogP contribution >= 0.6 is 15.9 Å². The number of rotatable bonds is 8. The van der Waals surface area contributed by atoms with Gasteiger partial charge in [0.1, 0.15) is 0 Å². The molecule has 1 aliphatic rings. The van der Waals surface area contributed by atoms with Gasteiger partial charge in [-0.3, -0.25) is 4.68 Å². The summed E-state index contributed by atoms with van der Waals surface area (Å²) in [6.07, 6.45) is 5.63. The molecule has 4 nitrogen and oxygen atoms in total. The molecular formula is C14H24BrN3O. The summed E-state index contributed by atoms with van der Waals surface area (Å²) >= 11 is 3.66. The third-order valence-corrected chi connectivity index (χ3v) is 4.56. The molecule has 0 radical (unpaired) electrons. The van der Waals surface area contributed by atoms with E-state index in [0.29, 0.717) is 18.1 Å². The van der Waals surface area contributed by atoms with Gasteiger partial charge in [0.2, 0.25) is 0 Å². The Bertz CT molecular complexity index is 415. The van der Waals surface area contributed by atoms with Crippen molar-refractivity contribution in [1.82, 2.24) is 15.1 Å². The molecule has 108 valence electrons. The van der Waals surface area contributed by atoms with Crippen molar-refractivity contribution in [3.8, 4) is 0 Å². The number of halogens is 1. The van der Waals surface area contributed by atoms with Crippen molar-refractivity contribution in [3.05, 3.63) is 16.4 Å².